The Balaban J connectivity index is 1.72. The summed E-state index contributed by atoms with van der Waals surface area (Å²) in [6.07, 6.45) is 1.40. The van der Waals surface area contributed by atoms with Gasteiger partial charge >= 0.3 is 5.97 Å². The maximum Gasteiger partial charge on any atom is 0.343 e. The van der Waals surface area contributed by atoms with Gasteiger partial charge in [-0.15, -0.1) is 0 Å². The summed E-state index contributed by atoms with van der Waals surface area (Å²) in [7, 11) is 0. The van der Waals surface area contributed by atoms with Crippen molar-refractivity contribution in [1.82, 2.24) is 5.43 Å². The highest BCUT2D eigenvalue weighted by Crippen LogP contribution is 2.23. The van der Waals surface area contributed by atoms with E-state index < -0.39 is 11.9 Å². The van der Waals surface area contributed by atoms with E-state index in [2.05, 4.69) is 26.5 Å². The number of nitrogens with one attached hydrogen (secondary N) is 1. The molecule has 0 radical (unpaired) electrons. The molecular weight excluding hydrogens is 484 g/mol. The highest BCUT2D eigenvalue weighted by molar-refractivity contribution is 9.10. The average molecular weight is 502 g/mol. The molecule has 0 aliphatic carbocycles. The van der Waals surface area contributed by atoms with Crippen LogP contribution in [0.25, 0.3) is 0 Å². The second kappa shape index (κ2) is 10.7. The largest absolute Gasteiger partial charge is 0.494 e. The first-order chi connectivity index (χ1) is 15.0. The quantitative estimate of drug-likeness (QED) is 0.201. The number of rotatable bonds is 7. The fourth-order valence-electron chi connectivity index (χ4n) is 2.58. The first-order valence-electron chi connectivity index (χ1n) is 9.30. The molecule has 0 saturated heterocycles. The number of hydrazone groups is 1. The molecule has 3 aromatic carbocycles. The zero-order chi connectivity index (χ0) is 22.2. The number of esters is 1. The number of amides is 1. The Morgan fingerprint density at radius 1 is 1.06 bits per heavy atom. The Kier molecular flexibility index (Phi) is 7.81. The molecule has 8 heteroatoms. The zero-order valence-corrected chi connectivity index (χ0v) is 18.8. The minimum Gasteiger partial charge on any atom is -0.494 e. The first-order valence-corrected chi connectivity index (χ1v) is 10.5. The lowest BCUT2D eigenvalue weighted by molar-refractivity contribution is 0.0734. The molecule has 1 amide bonds. The van der Waals surface area contributed by atoms with Crippen molar-refractivity contribution < 1.29 is 19.1 Å². The molecule has 3 aromatic rings. The minimum absolute atomic E-state index is 0.294. The molecule has 0 saturated carbocycles. The van der Waals surface area contributed by atoms with Gasteiger partial charge in [-0.05, 0) is 67.6 Å². The Morgan fingerprint density at radius 2 is 1.84 bits per heavy atom. The van der Waals surface area contributed by atoms with Crippen molar-refractivity contribution in [1.29, 1.82) is 0 Å². The van der Waals surface area contributed by atoms with Crippen molar-refractivity contribution in [3.8, 4) is 11.5 Å². The number of benzene rings is 3. The zero-order valence-electron chi connectivity index (χ0n) is 16.5. The molecule has 6 nitrogen and oxygen atoms in total. The topological polar surface area (TPSA) is 77.0 Å². The molecule has 0 fully saturated rings. The van der Waals surface area contributed by atoms with Gasteiger partial charge in [0.05, 0.1) is 18.4 Å². The van der Waals surface area contributed by atoms with E-state index in [-0.39, 0.29) is 0 Å². The van der Waals surface area contributed by atoms with Crippen LogP contribution in [-0.2, 0) is 0 Å². The fraction of sp³-hybridized carbons (Fsp3) is 0.0870. The van der Waals surface area contributed by atoms with E-state index in [4.69, 9.17) is 21.1 Å². The summed E-state index contributed by atoms with van der Waals surface area (Å²) in [4.78, 5) is 24.7. The lowest BCUT2D eigenvalue weighted by Crippen LogP contribution is -2.17. The molecule has 0 aliphatic heterocycles. The van der Waals surface area contributed by atoms with Crippen LogP contribution in [0.5, 0.6) is 11.5 Å². The lowest BCUT2D eigenvalue weighted by Gasteiger charge is -2.09. The third-order valence-corrected chi connectivity index (χ3v) is 4.76. The third kappa shape index (κ3) is 6.41. The lowest BCUT2D eigenvalue weighted by atomic mass is 10.2. The Morgan fingerprint density at radius 3 is 2.55 bits per heavy atom. The summed E-state index contributed by atoms with van der Waals surface area (Å²) < 4.78 is 11.7. The van der Waals surface area contributed by atoms with Gasteiger partial charge in [-0.3, -0.25) is 4.79 Å². The molecule has 158 valence electrons. The highest BCUT2D eigenvalue weighted by Gasteiger charge is 2.12. The van der Waals surface area contributed by atoms with Gasteiger partial charge in [-0.25, -0.2) is 10.2 Å². The predicted octanol–water partition coefficient (Wildman–Crippen LogP) is 5.48. The SMILES string of the molecule is CCOc1ccc(C(=O)Oc2ccc(Br)cc2/C=N\NC(=O)c2cccc(Cl)c2)cc1. The van der Waals surface area contributed by atoms with Crippen LogP contribution in [0.3, 0.4) is 0 Å². The van der Waals surface area contributed by atoms with Crippen LogP contribution in [-0.4, -0.2) is 24.7 Å². The molecule has 3 rings (SSSR count). The minimum atomic E-state index is -0.525. The van der Waals surface area contributed by atoms with Crippen molar-refractivity contribution in [3.63, 3.8) is 0 Å². The smallest absolute Gasteiger partial charge is 0.343 e. The Bertz CT molecular complexity index is 1120. The van der Waals surface area contributed by atoms with E-state index in [1.807, 2.05) is 6.92 Å². The summed E-state index contributed by atoms with van der Waals surface area (Å²) in [5.41, 5.74) is 3.68. The van der Waals surface area contributed by atoms with Crippen LogP contribution in [0.15, 0.2) is 76.3 Å². The van der Waals surface area contributed by atoms with Crippen molar-refractivity contribution in [3.05, 3.63) is 92.9 Å². The van der Waals surface area contributed by atoms with Gasteiger partial charge in [0.2, 0.25) is 0 Å². The standard InChI is InChI=1S/C23H18BrClN2O4/c1-2-30-20-9-6-15(7-10-20)23(29)31-21-11-8-18(24)12-17(21)14-26-27-22(28)16-4-3-5-19(25)13-16/h3-14H,2H2,1H3,(H,27,28)/b26-14-. The van der Waals surface area contributed by atoms with E-state index in [0.29, 0.717) is 39.8 Å². The van der Waals surface area contributed by atoms with Crippen LogP contribution in [0.4, 0.5) is 0 Å². The van der Waals surface area contributed by atoms with E-state index in [9.17, 15) is 9.59 Å². The summed E-state index contributed by atoms with van der Waals surface area (Å²) in [5, 5.41) is 4.42. The number of carbonyl (C=O) groups is 2. The molecule has 0 unspecified atom stereocenters. The van der Waals surface area contributed by atoms with Crippen molar-refractivity contribution in [2.24, 2.45) is 5.10 Å². The number of halogens is 2. The summed E-state index contributed by atoms with van der Waals surface area (Å²) in [5.74, 6) is 0.0264. The van der Waals surface area contributed by atoms with Gasteiger partial charge in [0.1, 0.15) is 11.5 Å². The van der Waals surface area contributed by atoms with Gasteiger partial charge in [-0.1, -0.05) is 33.6 Å². The van der Waals surface area contributed by atoms with Crippen LogP contribution < -0.4 is 14.9 Å². The van der Waals surface area contributed by atoms with Crippen molar-refractivity contribution in [2.45, 2.75) is 6.92 Å². The van der Waals surface area contributed by atoms with Crippen LogP contribution in [0, 0.1) is 0 Å². The number of nitrogens with zero attached hydrogens (tertiary/aromatic N) is 1. The van der Waals surface area contributed by atoms with Crippen LogP contribution in [0.2, 0.25) is 5.02 Å². The van der Waals surface area contributed by atoms with Gasteiger partial charge in [-0.2, -0.15) is 5.10 Å². The van der Waals surface area contributed by atoms with Gasteiger partial charge in [0.25, 0.3) is 5.91 Å². The summed E-state index contributed by atoms with van der Waals surface area (Å²) >= 11 is 9.28. The molecule has 0 heterocycles. The van der Waals surface area contributed by atoms with Crippen LogP contribution in [0.1, 0.15) is 33.2 Å². The number of hydrogen-bond acceptors (Lipinski definition) is 5. The van der Waals surface area contributed by atoms with Gasteiger partial charge in [0.15, 0.2) is 0 Å². The van der Waals surface area contributed by atoms with Crippen molar-refractivity contribution in [2.75, 3.05) is 6.61 Å². The number of hydrogen-bond donors (Lipinski definition) is 1. The molecular formula is C23H18BrClN2O4. The van der Waals surface area contributed by atoms with Crippen LogP contribution >= 0.6 is 27.5 Å². The number of carbonyl (C=O) groups excluding carboxylic acids is 2. The number of ether oxygens (including phenoxy) is 2. The first kappa shape index (κ1) is 22.5. The summed E-state index contributed by atoms with van der Waals surface area (Å²) in [6.45, 7) is 2.43. The summed E-state index contributed by atoms with van der Waals surface area (Å²) in [6, 6.07) is 18.3. The van der Waals surface area contributed by atoms with E-state index in [1.165, 1.54) is 12.3 Å². The second-order valence-electron chi connectivity index (χ2n) is 6.24. The molecule has 0 spiro atoms. The Hall–Kier alpha value is -3.16. The van der Waals surface area contributed by atoms with Crippen molar-refractivity contribution >= 4 is 45.6 Å². The molecule has 0 bridgehead atoms. The molecule has 31 heavy (non-hydrogen) atoms. The fourth-order valence-corrected chi connectivity index (χ4v) is 3.15. The molecule has 0 aliphatic rings. The third-order valence-electron chi connectivity index (χ3n) is 4.03. The molecule has 0 aromatic heterocycles. The van der Waals surface area contributed by atoms with E-state index in [1.54, 1.807) is 60.7 Å². The normalized spacial score (nSPS) is 10.7. The maximum atomic E-state index is 12.5. The van der Waals surface area contributed by atoms with E-state index >= 15 is 0 Å². The monoisotopic (exact) mass is 500 g/mol. The van der Waals surface area contributed by atoms with E-state index in [0.717, 1.165) is 4.47 Å². The average Bonchev–Trinajstić information content (AvgIpc) is 2.76. The molecule has 1 N–H and O–H groups in total. The maximum absolute atomic E-state index is 12.5. The highest BCUT2D eigenvalue weighted by atomic mass is 79.9. The Labute approximate surface area is 193 Å². The van der Waals surface area contributed by atoms with Gasteiger partial charge in [0, 0.05) is 20.6 Å². The predicted molar refractivity (Wildman–Crippen MR) is 123 cm³/mol. The molecule has 0 atom stereocenters. The van der Waals surface area contributed by atoms with Gasteiger partial charge < -0.3 is 9.47 Å². The second-order valence-corrected chi connectivity index (χ2v) is 7.59.